The molecule has 0 saturated carbocycles. The number of hydrogen-bond donors (Lipinski definition) is 2. The molecule has 0 radical (unpaired) electrons. The summed E-state index contributed by atoms with van der Waals surface area (Å²) in [5.74, 6) is -1.57. The maximum absolute atomic E-state index is 12.1. The minimum absolute atomic E-state index is 0.0175. The molecule has 102 valence electrons. The molecule has 0 aromatic heterocycles. The molecule has 6 nitrogen and oxygen atoms in total. The summed E-state index contributed by atoms with van der Waals surface area (Å²) < 4.78 is 4.91. The number of ether oxygens (including phenoxy) is 1. The van der Waals surface area contributed by atoms with Gasteiger partial charge in [0.1, 0.15) is 18.0 Å². The van der Waals surface area contributed by atoms with E-state index in [0.717, 1.165) is 4.90 Å². The van der Waals surface area contributed by atoms with Crippen LogP contribution < -0.4 is 4.74 Å². The molecule has 6 heteroatoms. The Balaban J connectivity index is 3.01. The van der Waals surface area contributed by atoms with E-state index >= 15 is 0 Å². The number of aliphatic carboxylic acids is 1. The quantitative estimate of drug-likeness (QED) is 0.752. The first-order valence-electron chi connectivity index (χ1n) is 5.48. The second kappa shape index (κ2) is 6.44. The Kier molecular flexibility index (Phi) is 4.93. The van der Waals surface area contributed by atoms with Crippen molar-refractivity contribution < 1.29 is 24.5 Å². The summed E-state index contributed by atoms with van der Waals surface area (Å²) in [5, 5.41) is 18.5. The van der Waals surface area contributed by atoms with Crippen LogP contribution >= 0.6 is 0 Å². The largest absolute Gasteiger partial charge is 0.507 e. The topological polar surface area (TPSA) is 87.1 Å². The fraction of sp³-hybridized carbons (Fsp3) is 0.231. The van der Waals surface area contributed by atoms with Gasteiger partial charge in [0, 0.05) is 12.6 Å². The van der Waals surface area contributed by atoms with Gasteiger partial charge in [-0.05, 0) is 12.1 Å². The molecule has 0 aliphatic rings. The van der Waals surface area contributed by atoms with Crippen LogP contribution in [0.15, 0.2) is 30.9 Å². The number of phenolic OH excluding ortho intramolecular Hbond substituents is 1. The van der Waals surface area contributed by atoms with E-state index in [1.807, 2.05) is 0 Å². The number of carboxylic acid groups (broad SMARTS) is 1. The lowest BCUT2D eigenvalue weighted by atomic mass is 10.1. The van der Waals surface area contributed by atoms with Gasteiger partial charge in [-0.3, -0.25) is 9.59 Å². The third-order valence-corrected chi connectivity index (χ3v) is 2.40. The average Bonchev–Trinajstić information content (AvgIpc) is 2.36. The van der Waals surface area contributed by atoms with Gasteiger partial charge < -0.3 is 19.8 Å². The lowest BCUT2D eigenvalue weighted by Gasteiger charge is -2.19. The normalized spacial score (nSPS) is 9.74. The highest BCUT2D eigenvalue weighted by Gasteiger charge is 2.20. The molecule has 0 spiro atoms. The predicted octanol–water partition coefficient (Wildman–Crippen LogP) is 1.11. The van der Waals surface area contributed by atoms with Gasteiger partial charge >= 0.3 is 5.97 Å². The second-order valence-corrected chi connectivity index (χ2v) is 3.75. The number of nitrogens with zero attached hydrogens (tertiary/aromatic N) is 1. The van der Waals surface area contributed by atoms with Crippen molar-refractivity contribution in [2.45, 2.75) is 0 Å². The third-order valence-electron chi connectivity index (χ3n) is 2.40. The van der Waals surface area contributed by atoms with Crippen LogP contribution in [0.4, 0.5) is 0 Å². The van der Waals surface area contributed by atoms with E-state index in [4.69, 9.17) is 9.84 Å². The number of phenols is 1. The molecule has 0 unspecified atom stereocenters. The van der Waals surface area contributed by atoms with Gasteiger partial charge in [-0.2, -0.15) is 0 Å². The first-order valence-corrected chi connectivity index (χ1v) is 5.48. The zero-order valence-electron chi connectivity index (χ0n) is 10.5. The van der Waals surface area contributed by atoms with Gasteiger partial charge in [0.2, 0.25) is 0 Å². The van der Waals surface area contributed by atoms with Crippen LogP contribution in [-0.4, -0.2) is 47.2 Å². The van der Waals surface area contributed by atoms with Crippen molar-refractivity contribution in [2.24, 2.45) is 0 Å². The Morgan fingerprint density at radius 1 is 1.47 bits per heavy atom. The number of carboxylic acids is 1. The molecule has 1 aromatic rings. The SMILES string of the molecule is C=CCN(CC(=O)O)C(=O)c1ccc(OC)cc1O. The van der Waals surface area contributed by atoms with E-state index < -0.39 is 18.4 Å². The number of amides is 1. The van der Waals surface area contributed by atoms with Gasteiger partial charge in [0.15, 0.2) is 0 Å². The maximum Gasteiger partial charge on any atom is 0.323 e. The van der Waals surface area contributed by atoms with Crippen LogP contribution in [0.25, 0.3) is 0 Å². The van der Waals surface area contributed by atoms with Crippen LogP contribution in [0, 0.1) is 0 Å². The Labute approximate surface area is 110 Å². The van der Waals surface area contributed by atoms with Gasteiger partial charge in [0.05, 0.1) is 12.7 Å². The summed E-state index contributed by atoms with van der Waals surface area (Å²) in [7, 11) is 1.44. The van der Waals surface area contributed by atoms with Crippen molar-refractivity contribution in [3.05, 3.63) is 36.4 Å². The van der Waals surface area contributed by atoms with Crippen molar-refractivity contribution in [1.82, 2.24) is 4.90 Å². The number of hydrogen-bond acceptors (Lipinski definition) is 4. The van der Waals surface area contributed by atoms with E-state index in [1.54, 1.807) is 0 Å². The number of carbonyl (C=O) groups is 2. The standard InChI is InChI=1S/C13H15NO5/c1-3-6-14(8-12(16)17)13(18)10-5-4-9(19-2)7-11(10)15/h3-5,7,15H,1,6,8H2,2H3,(H,16,17). The van der Waals surface area contributed by atoms with Crippen LogP contribution in [0.3, 0.4) is 0 Å². The fourth-order valence-corrected chi connectivity index (χ4v) is 1.53. The fourth-order valence-electron chi connectivity index (χ4n) is 1.53. The first-order chi connectivity index (χ1) is 8.99. The van der Waals surface area contributed by atoms with E-state index in [9.17, 15) is 14.7 Å². The summed E-state index contributed by atoms with van der Waals surface area (Å²) in [5.41, 5.74) is 0.0175. The minimum atomic E-state index is -1.14. The summed E-state index contributed by atoms with van der Waals surface area (Å²) >= 11 is 0. The molecular weight excluding hydrogens is 250 g/mol. The van der Waals surface area contributed by atoms with E-state index in [1.165, 1.54) is 31.4 Å². The molecule has 0 aliphatic carbocycles. The van der Waals surface area contributed by atoms with Crippen molar-refractivity contribution >= 4 is 11.9 Å². The number of carbonyl (C=O) groups excluding carboxylic acids is 1. The van der Waals surface area contributed by atoms with Crippen molar-refractivity contribution in [3.63, 3.8) is 0 Å². The van der Waals surface area contributed by atoms with Crippen molar-refractivity contribution in [3.8, 4) is 11.5 Å². The molecule has 0 saturated heterocycles. The van der Waals surface area contributed by atoms with Crippen molar-refractivity contribution in [2.75, 3.05) is 20.2 Å². The molecule has 0 atom stereocenters. The molecule has 1 aromatic carbocycles. The molecular formula is C13H15NO5. The Hall–Kier alpha value is -2.50. The highest BCUT2D eigenvalue weighted by atomic mass is 16.5. The second-order valence-electron chi connectivity index (χ2n) is 3.75. The summed E-state index contributed by atoms with van der Waals surface area (Å²) in [4.78, 5) is 23.9. The highest BCUT2D eigenvalue weighted by Crippen LogP contribution is 2.24. The molecule has 2 N–H and O–H groups in total. The van der Waals surface area contributed by atoms with Gasteiger partial charge in [-0.1, -0.05) is 6.08 Å². The Bertz CT molecular complexity index is 498. The molecule has 0 fully saturated rings. The van der Waals surface area contributed by atoms with E-state index in [-0.39, 0.29) is 17.9 Å². The number of aromatic hydroxyl groups is 1. The molecule has 0 bridgehead atoms. The number of methoxy groups -OCH3 is 1. The zero-order chi connectivity index (χ0) is 14.4. The zero-order valence-corrected chi connectivity index (χ0v) is 10.5. The lowest BCUT2D eigenvalue weighted by Crippen LogP contribution is -2.35. The van der Waals surface area contributed by atoms with Gasteiger partial charge in [-0.25, -0.2) is 0 Å². The van der Waals surface area contributed by atoms with Crippen LogP contribution in [-0.2, 0) is 4.79 Å². The lowest BCUT2D eigenvalue weighted by molar-refractivity contribution is -0.137. The monoisotopic (exact) mass is 265 g/mol. The predicted molar refractivity (Wildman–Crippen MR) is 68.4 cm³/mol. The van der Waals surface area contributed by atoms with Gasteiger partial charge in [0.25, 0.3) is 5.91 Å². The minimum Gasteiger partial charge on any atom is -0.507 e. The Morgan fingerprint density at radius 2 is 2.16 bits per heavy atom. The number of rotatable bonds is 6. The summed E-state index contributed by atoms with van der Waals surface area (Å²) in [6, 6.07) is 4.19. The van der Waals surface area contributed by atoms with Gasteiger partial charge in [-0.15, -0.1) is 6.58 Å². The van der Waals surface area contributed by atoms with Crippen LogP contribution in [0.1, 0.15) is 10.4 Å². The van der Waals surface area contributed by atoms with Crippen LogP contribution in [0.5, 0.6) is 11.5 Å². The van der Waals surface area contributed by atoms with E-state index in [0.29, 0.717) is 5.75 Å². The molecule has 0 aliphatic heterocycles. The van der Waals surface area contributed by atoms with Crippen molar-refractivity contribution in [1.29, 1.82) is 0 Å². The summed E-state index contributed by atoms with van der Waals surface area (Å²) in [6.45, 7) is 3.08. The average molecular weight is 265 g/mol. The highest BCUT2D eigenvalue weighted by molar-refractivity contribution is 5.98. The maximum atomic E-state index is 12.1. The third kappa shape index (κ3) is 3.74. The smallest absolute Gasteiger partial charge is 0.323 e. The molecule has 0 heterocycles. The number of benzene rings is 1. The summed E-state index contributed by atoms with van der Waals surface area (Å²) in [6.07, 6.45) is 1.42. The first kappa shape index (κ1) is 14.6. The Morgan fingerprint density at radius 3 is 2.63 bits per heavy atom. The van der Waals surface area contributed by atoms with E-state index in [2.05, 4.69) is 6.58 Å². The molecule has 1 rings (SSSR count). The molecule has 1 amide bonds. The van der Waals surface area contributed by atoms with Crippen LogP contribution in [0.2, 0.25) is 0 Å². The molecule has 19 heavy (non-hydrogen) atoms.